The summed E-state index contributed by atoms with van der Waals surface area (Å²) in [6.45, 7) is 2.50. The molecular formula is C26H44N8O4. The zero-order valence-electron chi connectivity index (χ0n) is 22.2. The highest BCUT2D eigenvalue weighted by molar-refractivity contribution is 5.94. The maximum absolute atomic E-state index is 13.4. The summed E-state index contributed by atoms with van der Waals surface area (Å²) in [5.74, 6) is -2.77. The van der Waals surface area contributed by atoms with E-state index in [2.05, 4.69) is 15.6 Å². The van der Waals surface area contributed by atoms with E-state index in [1.54, 1.807) is 6.92 Å². The number of rotatable bonds is 19. The van der Waals surface area contributed by atoms with Gasteiger partial charge in [-0.3, -0.25) is 24.2 Å². The zero-order chi connectivity index (χ0) is 28.5. The van der Waals surface area contributed by atoms with Crippen molar-refractivity contribution in [3.63, 3.8) is 0 Å². The number of hydrogen-bond acceptors (Lipinski definition) is 7. The van der Waals surface area contributed by atoms with Gasteiger partial charge in [0.1, 0.15) is 6.04 Å². The number of unbranched alkanes of at least 4 members (excludes halogenated alkanes) is 1. The Balaban J connectivity index is 3.10. The summed E-state index contributed by atoms with van der Waals surface area (Å²) in [6.07, 6.45) is 2.85. The monoisotopic (exact) mass is 532 g/mol. The Labute approximate surface area is 224 Å². The minimum absolute atomic E-state index is 0.0695. The molecule has 0 heterocycles. The average Bonchev–Trinajstić information content (AvgIpc) is 2.89. The van der Waals surface area contributed by atoms with Crippen LogP contribution in [-0.4, -0.2) is 60.7 Å². The third-order valence-electron chi connectivity index (χ3n) is 6.18. The second-order valence-electron chi connectivity index (χ2n) is 9.33. The van der Waals surface area contributed by atoms with Gasteiger partial charge in [-0.1, -0.05) is 37.3 Å². The van der Waals surface area contributed by atoms with Gasteiger partial charge in [0, 0.05) is 18.9 Å². The first kappa shape index (κ1) is 32.5. The van der Waals surface area contributed by atoms with Crippen LogP contribution in [0, 0.1) is 5.92 Å². The van der Waals surface area contributed by atoms with Crippen molar-refractivity contribution in [2.45, 2.75) is 76.4 Å². The van der Waals surface area contributed by atoms with Crippen molar-refractivity contribution in [1.29, 1.82) is 0 Å². The van der Waals surface area contributed by atoms with Gasteiger partial charge in [0.05, 0.1) is 12.1 Å². The third kappa shape index (κ3) is 12.6. The van der Waals surface area contributed by atoms with Crippen LogP contribution in [0.1, 0.15) is 57.4 Å². The topological polar surface area (TPSA) is 235 Å². The Morgan fingerprint density at radius 3 is 2.11 bits per heavy atom. The van der Waals surface area contributed by atoms with Gasteiger partial charge >= 0.3 is 0 Å². The molecule has 12 heteroatoms. The molecule has 12 N–H and O–H groups in total. The van der Waals surface area contributed by atoms with Crippen molar-refractivity contribution in [1.82, 2.24) is 10.6 Å². The number of amides is 3. The quantitative estimate of drug-likeness (QED) is 0.0673. The smallest absolute Gasteiger partial charge is 0.239 e. The second kappa shape index (κ2) is 17.9. The molecule has 0 aliphatic carbocycles. The van der Waals surface area contributed by atoms with Crippen molar-refractivity contribution in [2.24, 2.45) is 39.6 Å². The van der Waals surface area contributed by atoms with Crippen molar-refractivity contribution in [3.8, 4) is 0 Å². The molecule has 0 aliphatic heterocycles. The summed E-state index contributed by atoms with van der Waals surface area (Å²) < 4.78 is 0. The fourth-order valence-electron chi connectivity index (χ4n) is 3.89. The van der Waals surface area contributed by atoms with Crippen LogP contribution < -0.4 is 39.3 Å². The van der Waals surface area contributed by atoms with Crippen molar-refractivity contribution >= 4 is 29.5 Å². The zero-order valence-corrected chi connectivity index (χ0v) is 22.2. The Bertz CT molecular complexity index is 921. The number of carbonyl (C=O) groups excluding carboxylic acids is 4. The predicted octanol–water partition coefficient (Wildman–Crippen LogP) is -0.821. The number of nitrogens with two attached hydrogens (primary N) is 5. The third-order valence-corrected chi connectivity index (χ3v) is 6.18. The van der Waals surface area contributed by atoms with Crippen LogP contribution in [0.25, 0.3) is 0 Å². The van der Waals surface area contributed by atoms with Crippen LogP contribution in [-0.2, 0) is 25.6 Å². The first-order valence-corrected chi connectivity index (χ1v) is 13.1. The molecule has 3 amide bonds. The SMILES string of the molecule is CC[C@H](N)C(=O)N[C@H](CCCN=C(N)N)C(=O)C[C@@H](Cc1ccccc1)C(=O)N[C@@H](CCCCN)C(N)=O. The summed E-state index contributed by atoms with van der Waals surface area (Å²) in [4.78, 5) is 55.1. The van der Waals surface area contributed by atoms with E-state index in [4.69, 9.17) is 28.7 Å². The number of Topliss-reactive ketones (excluding diaryl/α,β-unsaturated/α-hetero) is 1. The number of nitrogens with zero attached hydrogens (tertiary/aromatic N) is 1. The molecule has 0 spiro atoms. The minimum Gasteiger partial charge on any atom is -0.370 e. The fourth-order valence-corrected chi connectivity index (χ4v) is 3.89. The molecule has 0 fully saturated rings. The van der Waals surface area contributed by atoms with Gasteiger partial charge in [0.15, 0.2) is 11.7 Å². The first-order valence-electron chi connectivity index (χ1n) is 13.1. The molecule has 0 aromatic heterocycles. The molecule has 0 bridgehead atoms. The van der Waals surface area contributed by atoms with E-state index in [-0.39, 0.29) is 37.6 Å². The van der Waals surface area contributed by atoms with E-state index in [0.29, 0.717) is 38.6 Å². The lowest BCUT2D eigenvalue weighted by molar-refractivity contribution is -0.133. The van der Waals surface area contributed by atoms with Gasteiger partial charge in [0.25, 0.3) is 0 Å². The normalized spacial score (nSPS) is 14.0. The van der Waals surface area contributed by atoms with E-state index in [9.17, 15) is 19.2 Å². The summed E-state index contributed by atoms with van der Waals surface area (Å²) in [6, 6.07) is 6.71. The number of carbonyl (C=O) groups is 4. The highest BCUT2D eigenvalue weighted by Gasteiger charge is 2.30. The van der Waals surface area contributed by atoms with Crippen LogP contribution in [0.3, 0.4) is 0 Å². The van der Waals surface area contributed by atoms with E-state index in [0.717, 1.165) is 5.56 Å². The van der Waals surface area contributed by atoms with Gasteiger partial charge in [-0.25, -0.2) is 0 Å². The van der Waals surface area contributed by atoms with Crippen LogP contribution in [0.15, 0.2) is 35.3 Å². The Morgan fingerprint density at radius 1 is 0.895 bits per heavy atom. The van der Waals surface area contributed by atoms with Crippen molar-refractivity contribution in [3.05, 3.63) is 35.9 Å². The molecule has 0 unspecified atom stereocenters. The number of benzene rings is 1. The number of ketones is 1. The van der Waals surface area contributed by atoms with E-state index in [1.165, 1.54) is 0 Å². The van der Waals surface area contributed by atoms with Gasteiger partial charge in [-0.05, 0) is 57.1 Å². The second-order valence-corrected chi connectivity index (χ2v) is 9.33. The molecule has 1 aromatic carbocycles. The first-order chi connectivity index (χ1) is 18.1. The molecule has 0 radical (unpaired) electrons. The van der Waals surface area contributed by atoms with E-state index in [1.807, 2.05) is 30.3 Å². The highest BCUT2D eigenvalue weighted by atomic mass is 16.2. The molecule has 38 heavy (non-hydrogen) atoms. The lowest BCUT2D eigenvalue weighted by atomic mass is 9.89. The summed E-state index contributed by atoms with van der Waals surface area (Å²) in [5.41, 5.74) is 28.5. The summed E-state index contributed by atoms with van der Waals surface area (Å²) in [7, 11) is 0. The predicted molar refractivity (Wildman–Crippen MR) is 147 cm³/mol. The maximum Gasteiger partial charge on any atom is 0.239 e. The summed E-state index contributed by atoms with van der Waals surface area (Å²) >= 11 is 0. The fraction of sp³-hybridized carbons (Fsp3) is 0.577. The summed E-state index contributed by atoms with van der Waals surface area (Å²) in [5, 5.41) is 5.43. The van der Waals surface area contributed by atoms with E-state index >= 15 is 0 Å². The van der Waals surface area contributed by atoms with Crippen molar-refractivity contribution < 1.29 is 19.2 Å². The standard InChI is InChI=1S/C26H44N8O4/c1-2-19(28)25(38)33-20(12-8-14-32-26(30)31)22(35)16-18(15-17-9-4-3-5-10-17)24(37)34-21(23(29)36)11-6-7-13-27/h3-5,9-10,18-21H,2,6-8,11-16,27-28H2,1H3,(H2,29,36)(H,33,38)(H,34,37)(H4,30,31,32)/t18-,19+,20-,21+/m1/s1. The number of nitrogens with one attached hydrogen (secondary N) is 2. The number of hydrogen-bond donors (Lipinski definition) is 7. The molecule has 0 saturated carbocycles. The molecule has 1 aromatic rings. The van der Waals surface area contributed by atoms with Crippen LogP contribution >= 0.6 is 0 Å². The number of aliphatic imine (C=N–C) groups is 1. The van der Waals surface area contributed by atoms with Crippen molar-refractivity contribution in [2.75, 3.05) is 13.1 Å². The maximum atomic E-state index is 13.4. The molecule has 0 saturated heterocycles. The Morgan fingerprint density at radius 2 is 1.53 bits per heavy atom. The van der Waals surface area contributed by atoms with Crippen LogP contribution in [0.4, 0.5) is 0 Å². The number of primary amides is 1. The molecule has 1 rings (SSSR count). The molecule has 12 nitrogen and oxygen atoms in total. The lowest BCUT2D eigenvalue weighted by Crippen LogP contribution is -2.50. The van der Waals surface area contributed by atoms with Gasteiger partial charge < -0.3 is 39.3 Å². The largest absolute Gasteiger partial charge is 0.370 e. The minimum atomic E-state index is -0.878. The Hall–Kier alpha value is -3.51. The lowest BCUT2D eigenvalue weighted by Gasteiger charge is -2.24. The highest BCUT2D eigenvalue weighted by Crippen LogP contribution is 2.17. The van der Waals surface area contributed by atoms with Crippen LogP contribution in [0.2, 0.25) is 0 Å². The molecule has 4 atom stereocenters. The number of guanidine groups is 1. The van der Waals surface area contributed by atoms with Crippen LogP contribution in [0.5, 0.6) is 0 Å². The van der Waals surface area contributed by atoms with Gasteiger partial charge in [-0.2, -0.15) is 0 Å². The Kier molecular flexibility index (Phi) is 15.3. The van der Waals surface area contributed by atoms with Gasteiger partial charge in [-0.15, -0.1) is 0 Å². The van der Waals surface area contributed by atoms with E-state index < -0.39 is 41.8 Å². The molecule has 212 valence electrons. The average molecular weight is 533 g/mol. The molecular weight excluding hydrogens is 488 g/mol. The van der Waals surface area contributed by atoms with Gasteiger partial charge in [0.2, 0.25) is 17.7 Å². The molecule has 0 aliphatic rings.